The zero-order valence-corrected chi connectivity index (χ0v) is 12.1. The van der Waals surface area contributed by atoms with E-state index in [1.165, 1.54) is 20.8 Å². The number of ketones is 2. The predicted octanol–water partition coefficient (Wildman–Crippen LogP) is 0.263. The molecule has 0 aromatic carbocycles. The van der Waals surface area contributed by atoms with Gasteiger partial charge in [-0.2, -0.15) is 0 Å². The largest absolute Gasteiger partial charge is 0.481 e. The van der Waals surface area contributed by atoms with Gasteiger partial charge < -0.3 is 14.6 Å². The van der Waals surface area contributed by atoms with Gasteiger partial charge in [0, 0.05) is 6.42 Å². The lowest BCUT2D eigenvalue weighted by molar-refractivity contribution is -0.163. The maximum atomic E-state index is 11.4. The Balaban J connectivity index is 4.22. The maximum Gasteiger partial charge on any atom is 0.375 e. The topological polar surface area (TPSA) is 124 Å². The van der Waals surface area contributed by atoms with Crippen molar-refractivity contribution < 1.29 is 38.6 Å². The average Bonchev–Trinajstić information content (AvgIpc) is 2.25. The Morgan fingerprint density at radius 1 is 0.952 bits per heavy atom. The summed E-state index contributed by atoms with van der Waals surface area (Å²) in [6.07, 6.45) is -2.92. The molecule has 0 bridgehead atoms. The van der Waals surface area contributed by atoms with E-state index in [2.05, 4.69) is 4.74 Å². The van der Waals surface area contributed by atoms with Gasteiger partial charge in [0.15, 0.2) is 0 Å². The van der Waals surface area contributed by atoms with Crippen molar-refractivity contribution in [2.24, 2.45) is 0 Å². The third-order valence-electron chi connectivity index (χ3n) is 2.21. The molecular formula is C13H18O8. The zero-order valence-electron chi connectivity index (χ0n) is 12.1. The Labute approximate surface area is 121 Å². The van der Waals surface area contributed by atoms with Gasteiger partial charge in [0.05, 0.1) is 6.42 Å². The molecular weight excluding hydrogens is 284 g/mol. The number of rotatable bonds is 9. The van der Waals surface area contributed by atoms with E-state index in [4.69, 9.17) is 9.84 Å². The lowest BCUT2D eigenvalue weighted by atomic mass is 10.2. The molecule has 0 fully saturated rings. The molecule has 1 N–H and O–H groups in total. The summed E-state index contributed by atoms with van der Waals surface area (Å²) in [4.78, 5) is 55.2. The molecule has 0 amide bonds. The fraction of sp³-hybridized carbons (Fsp3) is 0.615. The number of ether oxygens (including phenoxy) is 2. The second kappa shape index (κ2) is 8.83. The van der Waals surface area contributed by atoms with Crippen LogP contribution in [0.2, 0.25) is 0 Å². The molecule has 21 heavy (non-hydrogen) atoms. The van der Waals surface area contributed by atoms with Crippen LogP contribution < -0.4 is 0 Å². The molecule has 0 heterocycles. The molecule has 0 saturated carbocycles. The maximum absolute atomic E-state index is 11.4. The summed E-state index contributed by atoms with van der Waals surface area (Å²) in [5, 5.41) is 8.47. The minimum absolute atomic E-state index is 0.0139. The van der Waals surface area contributed by atoms with Crippen molar-refractivity contribution in [2.45, 2.75) is 52.2 Å². The molecule has 0 aliphatic rings. The van der Waals surface area contributed by atoms with Gasteiger partial charge in [0.25, 0.3) is 5.78 Å². The number of carbonyl (C=O) groups excluding carboxylic acids is 4. The van der Waals surface area contributed by atoms with Gasteiger partial charge in [-0.3, -0.25) is 19.2 Å². The Hall–Kier alpha value is -2.25. The molecule has 0 spiro atoms. The van der Waals surface area contributed by atoms with Gasteiger partial charge in [-0.05, 0) is 20.8 Å². The summed E-state index contributed by atoms with van der Waals surface area (Å²) >= 11 is 0. The van der Waals surface area contributed by atoms with E-state index < -0.39 is 48.7 Å². The van der Waals surface area contributed by atoms with Crippen molar-refractivity contribution in [3.63, 3.8) is 0 Å². The van der Waals surface area contributed by atoms with Crippen molar-refractivity contribution in [1.29, 1.82) is 0 Å². The van der Waals surface area contributed by atoms with Crippen molar-refractivity contribution >= 4 is 29.5 Å². The van der Waals surface area contributed by atoms with E-state index in [1.807, 2.05) is 0 Å². The molecule has 118 valence electrons. The number of hydrogen-bond acceptors (Lipinski definition) is 7. The van der Waals surface area contributed by atoms with Gasteiger partial charge in [-0.25, -0.2) is 4.79 Å². The van der Waals surface area contributed by atoms with Gasteiger partial charge in [-0.1, -0.05) is 0 Å². The van der Waals surface area contributed by atoms with Crippen molar-refractivity contribution in [3.8, 4) is 0 Å². The summed E-state index contributed by atoms with van der Waals surface area (Å²) < 4.78 is 9.33. The molecule has 0 aliphatic heterocycles. The number of aliphatic carboxylic acids is 1. The van der Waals surface area contributed by atoms with E-state index >= 15 is 0 Å². The fourth-order valence-corrected chi connectivity index (χ4v) is 1.45. The van der Waals surface area contributed by atoms with Crippen LogP contribution in [-0.2, 0) is 33.4 Å². The van der Waals surface area contributed by atoms with E-state index in [-0.39, 0.29) is 12.2 Å². The van der Waals surface area contributed by atoms with Crippen LogP contribution in [0.3, 0.4) is 0 Å². The molecule has 2 atom stereocenters. The monoisotopic (exact) mass is 302 g/mol. The standard InChI is InChI=1S/C13H18O8/c1-7(14)4-8(2)20-12(18)6-10(15)13(19)21-9(3)5-11(16)17/h8-9H,4-6H2,1-3H3,(H,16,17)/t8-,9-/m1/s1. The second-order valence-corrected chi connectivity index (χ2v) is 4.62. The highest BCUT2D eigenvalue weighted by molar-refractivity contribution is 6.36. The lowest BCUT2D eigenvalue weighted by Crippen LogP contribution is -2.27. The summed E-state index contributed by atoms with van der Waals surface area (Å²) in [7, 11) is 0. The molecule has 8 heteroatoms. The van der Waals surface area contributed by atoms with Crippen LogP contribution in [0.15, 0.2) is 0 Å². The highest BCUT2D eigenvalue weighted by Gasteiger charge is 2.24. The molecule has 0 aromatic rings. The number of esters is 2. The van der Waals surface area contributed by atoms with E-state index in [0.29, 0.717) is 0 Å². The van der Waals surface area contributed by atoms with Crippen LogP contribution in [0, 0.1) is 0 Å². The molecule has 8 nitrogen and oxygen atoms in total. The molecule has 0 aliphatic carbocycles. The first kappa shape index (κ1) is 18.8. The van der Waals surface area contributed by atoms with E-state index in [1.54, 1.807) is 0 Å². The summed E-state index contributed by atoms with van der Waals surface area (Å²) in [6, 6.07) is 0. The van der Waals surface area contributed by atoms with Crippen molar-refractivity contribution in [1.82, 2.24) is 0 Å². The van der Waals surface area contributed by atoms with Crippen LogP contribution in [-0.4, -0.2) is 46.8 Å². The SMILES string of the molecule is CC(=O)C[C@@H](C)OC(=O)CC(=O)C(=O)O[C@H](C)CC(=O)O. The van der Waals surface area contributed by atoms with E-state index in [0.717, 1.165) is 0 Å². The van der Waals surface area contributed by atoms with Crippen LogP contribution in [0.4, 0.5) is 0 Å². The summed E-state index contributed by atoms with van der Waals surface area (Å²) in [6.45, 7) is 4.13. The zero-order chi connectivity index (χ0) is 16.6. The third kappa shape index (κ3) is 9.31. The smallest absolute Gasteiger partial charge is 0.375 e. The average molecular weight is 302 g/mol. The first-order valence-corrected chi connectivity index (χ1v) is 6.26. The highest BCUT2D eigenvalue weighted by atomic mass is 16.6. The predicted molar refractivity (Wildman–Crippen MR) is 68.3 cm³/mol. The number of carbonyl (C=O) groups is 5. The first-order valence-electron chi connectivity index (χ1n) is 6.26. The number of hydrogen-bond donors (Lipinski definition) is 1. The van der Waals surface area contributed by atoms with Gasteiger partial charge in [0.2, 0.25) is 0 Å². The number of carboxylic acid groups (broad SMARTS) is 1. The minimum Gasteiger partial charge on any atom is -0.481 e. The molecule has 0 radical (unpaired) electrons. The van der Waals surface area contributed by atoms with Crippen LogP contribution in [0.25, 0.3) is 0 Å². The summed E-state index contributed by atoms with van der Waals surface area (Å²) in [5.74, 6) is -4.73. The number of carboxylic acids is 1. The Morgan fingerprint density at radius 2 is 1.48 bits per heavy atom. The number of Topliss-reactive ketones (excluding diaryl/α,β-unsaturated/α-hetero) is 2. The second-order valence-electron chi connectivity index (χ2n) is 4.62. The van der Waals surface area contributed by atoms with Gasteiger partial charge in [-0.15, -0.1) is 0 Å². The van der Waals surface area contributed by atoms with E-state index in [9.17, 15) is 24.0 Å². The Morgan fingerprint density at radius 3 is 1.95 bits per heavy atom. The summed E-state index contributed by atoms with van der Waals surface area (Å²) in [5.41, 5.74) is 0. The lowest BCUT2D eigenvalue weighted by Gasteiger charge is -2.12. The van der Waals surface area contributed by atoms with Crippen LogP contribution in [0.5, 0.6) is 0 Å². The van der Waals surface area contributed by atoms with Crippen molar-refractivity contribution in [3.05, 3.63) is 0 Å². The minimum atomic E-state index is -1.29. The quantitative estimate of drug-likeness (QED) is 0.365. The Bertz CT molecular complexity index is 439. The molecule has 0 unspecified atom stereocenters. The van der Waals surface area contributed by atoms with Crippen molar-refractivity contribution in [2.75, 3.05) is 0 Å². The normalized spacial score (nSPS) is 12.9. The van der Waals surface area contributed by atoms with Crippen LogP contribution >= 0.6 is 0 Å². The van der Waals surface area contributed by atoms with Gasteiger partial charge in [0.1, 0.15) is 24.4 Å². The molecule has 0 saturated heterocycles. The third-order valence-corrected chi connectivity index (χ3v) is 2.21. The fourth-order valence-electron chi connectivity index (χ4n) is 1.45. The highest BCUT2D eigenvalue weighted by Crippen LogP contribution is 2.03. The molecule has 0 aromatic heterocycles. The first-order chi connectivity index (χ1) is 9.61. The van der Waals surface area contributed by atoms with Gasteiger partial charge >= 0.3 is 17.9 Å². The molecule has 0 rings (SSSR count). The van der Waals surface area contributed by atoms with Crippen LogP contribution in [0.1, 0.15) is 40.0 Å². The Kier molecular flexibility index (Phi) is 7.88.